The zero-order valence-corrected chi connectivity index (χ0v) is 11.1. The number of piperidine rings is 1. The molecule has 3 saturated heterocycles. The predicted octanol–water partition coefficient (Wildman–Crippen LogP) is 2.67. The van der Waals surface area contributed by atoms with Crippen molar-refractivity contribution in [2.45, 2.75) is 23.5 Å². The van der Waals surface area contributed by atoms with Crippen LogP contribution in [0.3, 0.4) is 0 Å². The number of benzene rings is 1. The summed E-state index contributed by atoms with van der Waals surface area (Å²) in [4.78, 5) is 14.0. The van der Waals surface area contributed by atoms with Crippen LogP contribution in [0.5, 0.6) is 0 Å². The highest BCUT2D eigenvalue weighted by molar-refractivity contribution is 9.10. The van der Waals surface area contributed by atoms with Crippen molar-refractivity contribution in [3.63, 3.8) is 0 Å². The van der Waals surface area contributed by atoms with E-state index in [0.717, 1.165) is 24.0 Å². The lowest BCUT2D eigenvalue weighted by atomic mass is 10.1. The van der Waals surface area contributed by atoms with Gasteiger partial charge in [-0.3, -0.25) is 4.79 Å². The zero-order valence-electron chi connectivity index (χ0n) is 8.73. The van der Waals surface area contributed by atoms with Crippen molar-refractivity contribution >= 4 is 33.6 Å². The lowest BCUT2D eigenvalue weighted by Gasteiger charge is -2.45. The minimum atomic E-state index is 0.251. The second-order valence-corrected chi connectivity index (χ2v) is 6.65. The molecule has 3 fully saturated rings. The first-order chi connectivity index (χ1) is 7.74. The van der Waals surface area contributed by atoms with Crippen molar-refractivity contribution < 1.29 is 4.79 Å². The third-order valence-electron chi connectivity index (χ3n) is 3.16. The fourth-order valence-electron chi connectivity index (χ4n) is 2.25. The van der Waals surface area contributed by atoms with E-state index in [1.54, 1.807) is 0 Å². The lowest BCUT2D eigenvalue weighted by Crippen LogP contribution is -2.54. The highest BCUT2D eigenvalue weighted by Gasteiger charge is 2.44. The Morgan fingerprint density at radius 2 is 2.19 bits per heavy atom. The van der Waals surface area contributed by atoms with Crippen molar-refractivity contribution in [2.75, 3.05) is 6.54 Å². The average Bonchev–Trinajstić information content (AvgIpc) is 2.22. The van der Waals surface area contributed by atoms with E-state index in [1.807, 2.05) is 34.9 Å². The van der Waals surface area contributed by atoms with Gasteiger partial charge in [-0.05, 0) is 18.1 Å². The second-order valence-electron chi connectivity index (χ2n) is 4.29. The summed E-state index contributed by atoms with van der Waals surface area (Å²) in [6.07, 6.45) is 1.09. The lowest BCUT2D eigenvalue weighted by molar-refractivity contribution is -0.134. The maximum Gasteiger partial charge on any atom is 0.236 e. The summed E-state index contributed by atoms with van der Waals surface area (Å²) in [6, 6.07) is 8.12. The summed E-state index contributed by atoms with van der Waals surface area (Å²) in [7, 11) is 0. The smallest absolute Gasteiger partial charge is 0.236 e. The van der Waals surface area contributed by atoms with Gasteiger partial charge in [0.1, 0.15) is 0 Å². The second kappa shape index (κ2) is 4.08. The molecule has 3 aliphatic rings. The molecule has 0 N–H and O–H groups in total. The summed E-state index contributed by atoms with van der Waals surface area (Å²) in [5.41, 5.74) is 1.20. The molecule has 4 heteroatoms. The molecule has 1 aromatic carbocycles. The van der Waals surface area contributed by atoms with Crippen molar-refractivity contribution in [3.05, 3.63) is 34.3 Å². The fraction of sp³-hybridized carbons (Fsp3) is 0.417. The third kappa shape index (κ3) is 1.78. The molecule has 0 aromatic heterocycles. The van der Waals surface area contributed by atoms with Crippen LogP contribution in [0.2, 0.25) is 0 Å². The Labute approximate surface area is 108 Å². The first-order valence-corrected chi connectivity index (χ1v) is 7.15. The molecule has 2 bridgehead atoms. The summed E-state index contributed by atoms with van der Waals surface area (Å²) in [5, 5.41) is 0.937. The minimum absolute atomic E-state index is 0.251. The molecule has 3 aliphatic heterocycles. The van der Waals surface area contributed by atoms with E-state index < -0.39 is 0 Å². The molecule has 2 nitrogen and oxygen atoms in total. The van der Waals surface area contributed by atoms with Crippen molar-refractivity contribution in [1.82, 2.24) is 4.90 Å². The Morgan fingerprint density at radius 3 is 2.88 bits per heavy atom. The first-order valence-electron chi connectivity index (χ1n) is 5.41. The average molecular weight is 298 g/mol. The largest absolute Gasteiger partial charge is 0.336 e. The minimum Gasteiger partial charge on any atom is -0.336 e. The van der Waals surface area contributed by atoms with Crippen LogP contribution < -0.4 is 0 Å². The Bertz CT molecular complexity index is 431. The number of rotatable bonds is 2. The molecule has 16 heavy (non-hydrogen) atoms. The topological polar surface area (TPSA) is 20.3 Å². The number of amides is 1. The number of fused-ring (bicyclic) bond motifs is 2. The number of thioether (sulfide) groups is 1. The van der Waals surface area contributed by atoms with Gasteiger partial charge in [-0.1, -0.05) is 34.1 Å². The molecule has 1 amide bonds. The molecular formula is C12H12BrNOS. The molecule has 2 atom stereocenters. The molecule has 0 spiro atoms. The van der Waals surface area contributed by atoms with Crippen LogP contribution in [0.15, 0.2) is 28.7 Å². The standard InChI is InChI=1S/C12H12BrNOS/c13-10-4-2-1-3-8(10)6-14-7-9-5-11(16-9)12(14)15/h1-4,9,11H,5-7H2. The van der Waals surface area contributed by atoms with Crippen LogP contribution in [0.1, 0.15) is 12.0 Å². The maximum atomic E-state index is 12.0. The summed E-state index contributed by atoms with van der Waals surface area (Å²) < 4.78 is 1.09. The number of carbonyl (C=O) groups is 1. The van der Waals surface area contributed by atoms with E-state index in [0.29, 0.717) is 11.2 Å². The van der Waals surface area contributed by atoms with Crippen molar-refractivity contribution in [3.8, 4) is 0 Å². The Morgan fingerprint density at radius 1 is 1.44 bits per heavy atom. The van der Waals surface area contributed by atoms with Gasteiger partial charge in [-0.2, -0.15) is 0 Å². The van der Waals surface area contributed by atoms with Crippen molar-refractivity contribution in [2.24, 2.45) is 0 Å². The number of hydrogen-bond donors (Lipinski definition) is 0. The number of hydrogen-bond acceptors (Lipinski definition) is 2. The third-order valence-corrected chi connectivity index (χ3v) is 5.39. The Kier molecular flexibility index (Phi) is 2.72. The predicted molar refractivity (Wildman–Crippen MR) is 69.3 cm³/mol. The zero-order chi connectivity index (χ0) is 11.1. The van der Waals surface area contributed by atoms with Crippen molar-refractivity contribution in [1.29, 1.82) is 0 Å². The van der Waals surface area contributed by atoms with E-state index in [9.17, 15) is 4.79 Å². The summed E-state index contributed by atoms with van der Waals surface area (Å²) in [6.45, 7) is 1.66. The van der Waals surface area contributed by atoms with Gasteiger partial charge in [-0.15, -0.1) is 11.8 Å². The van der Waals surface area contributed by atoms with Crippen LogP contribution >= 0.6 is 27.7 Å². The van der Waals surface area contributed by atoms with Gasteiger partial charge in [0.15, 0.2) is 0 Å². The molecule has 3 heterocycles. The molecule has 4 rings (SSSR count). The molecule has 84 valence electrons. The van der Waals surface area contributed by atoms with Gasteiger partial charge in [0.05, 0.1) is 5.25 Å². The number of nitrogens with zero attached hydrogens (tertiary/aromatic N) is 1. The van der Waals surface area contributed by atoms with Gasteiger partial charge >= 0.3 is 0 Å². The van der Waals surface area contributed by atoms with Gasteiger partial charge in [-0.25, -0.2) is 0 Å². The molecular weight excluding hydrogens is 286 g/mol. The maximum absolute atomic E-state index is 12.0. The highest BCUT2D eigenvalue weighted by atomic mass is 79.9. The molecule has 0 radical (unpaired) electrons. The van der Waals surface area contributed by atoms with E-state index in [4.69, 9.17) is 0 Å². The van der Waals surface area contributed by atoms with Gasteiger partial charge in [0.2, 0.25) is 5.91 Å². The molecule has 2 unspecified atom stereocenters. The number of carbonyl (C=O) groups excluding carboxylic acids is 1. The van der Waals surface area contributed by atoms with E-state index in [2.05, 4.69) is 22.0 Å². The highest BCUT2D eigenvalue weighted by Crippen LogP contribution is 2.42. The fourth-order valence-corrected chi connectivity index (χ4v) is 3.95. The van der Waals surface area contributed by atoms with Gasteiger partial charge in [0.25, 0.3) is 0 Å². The van der Waals surface area contributed by atoms with Gasteiger partial charge in [0, 0.05) is 22.8 Å². The van der Waals surface area contributed by atoms with E-state index in [-0.39, 0.29) is 5.25 Å². The van der Waals surface area contributed by atoms with Crippen LogP contribution in [0.4, 0.5) is 0 Å². The van der Waals surface area contributed by atoms with E-state index >= 15 is 0 Å². The summed E-state index contributed by atoms with van der Waals surface area (Å²) in [5.74, 6) is 0.322. The first kappa shape index (κ1) is 10.7. The molecule has 0 aliphatic carbocycles. The van der Waals surface area contributed by atoms with E-state index in [1.165, 1.54) is 5.56 Å². The quantitative estimate of drug-likeness (QED) is 0.836. The van der Waals surface area contributed by atoms with Crippen LogP contribution in [0, 0.1) is 0 Å². The van der Waals surface area contributed by atoms with Crippen LogP contribution in [0.25, 0.3) is 0 Å². The normalized spacial score (nSPS) is 27.8. The molecule has 1 aromatic rings. The summed E-state index contributed by atoms with van der Waals surface area (Å²) >= 11 is 5.37. The SMILES string of the molecule is O=C1C2CC(CN1Cc1ccccc1Br)S2. The Balaban J connectivity index is 1.75. The number of halogens is 1. The van der Waals surface area contributed by atoms with Crippen LogP contribution in [-0.2, 0) is 11.3 Å². The molecule has 0 saturated carbocycles. The monoisotopic (exact) mass is 297 g/mol. The Hall–Kier alpha value is -0.480. The van der Waals surface area contributed by atoms with Crippen LogP contribution in [-0.4, -0.2) is 27.9 Å². The van der Waals surface area contributed by atoms with Gasteiger partial charge < -0.3 is 4.90 Å².